The van der Waals surface area contributed by atoms with Gasteiger partial charge in [0.15, 0.2) is 5.65 Å². The third-order valence-electron chi connectivity index (χ3n) is 5.22. The fourth-order valence-electron chi connectivity index (χ4n) is 3.54. The lowest BCUT2D eigenvalue weighted by atomic mass is 10.1. The van der Waals surface area contributed by atoms with Crippen molar-refractivity contribution in [3.8, 4) is 0 Å². The summed E-state index contributed by atoms with van der Waals surface area (Å²) in [6, 6.07) is 17.5. The minimum Gasteiger partial charge on any atom is -0.349 e. The van der Waals surface area contributed by atoms with Gasteiger partial charge in [0.1, 0.15) is 5.39 Å². The van der Waals surface area contributed by atoms with E-state index in [4.69, 9.17) is 16.6 Å². The van der Waals surface area contributed by atoms with Crippen LogP contribution in [0.2, 0.25) is 5.02 Å². The van der Waals surface area contributed by atoms with Crippen LogP contribution in [0.4, 0.5) is 5.95 Å². The van der Waals surface area contributed by atoms with Crippen LogP contribution in [-0.2, 0) is 12.1 Å². The Morgan fingerprint density at radius 2 is 1.74 bits per heavy atom. The molecule has 4 rings (SSSR count). The third-order valence-corrected chi connectivity index (χ3v) is 5.47. The van der Waals surface area contributed by atoms with Crippen LogP contribution in [0, 0.1) is 0 Å². The molecule has 0 unspecified atom stereocenters. The number of hydrogen-bond donors (Lipinski definition) is 1. The lowest BCUT2D eigenvalue weighted by Gasteiger charge is -2.22. The van der Waals surface area contributed by atoms with Crippen molar-refractivity contribution < 1.29 is 0 Å². The maximum Gasteiger partial charge on any atom is 0.266 e. The van der Waals surface area contributed by atoms with Gasteiger partial charge in [-0.2, -0.15) is 10.1 Å². The van der Waals surface area contributed by atoms with Gasteiger partial charge in [-0.1, -0.05) is 54.1 Å². The average molecular weight is 436 g/mol. The van der Waals surface area contributed by atoms with E-state index in [-0.39, 0.29) is 17.1 Å². The number of hydrogen-bond acceptors (Lipinski definition) is 4. The third kappa shape index (κ3) is 4.35. The van der Waals surface area contributed by atoms with Gasteiger partial charge in [0.25, 0.3) is 5.56 Å². The number of halogens is 1. The van der Waals surface area contributed by atoms with Crippen LogP contribution in [0.5, 0.6) is 0 Å². The van der Waals surface area contributed by atoms with Crippen molar-refractivity contribution in [2.75, 3.05) is 5.32 Å². The van der Waals surface area contributed by atoms with Gasteiger partial charge in [0, 0.05) is 5.02 Å². The van der Waals surface area contributed by atoms with Crippen molar-refractivity contribution in [1.82, 2.24) is 19.3 Å². The normalized spacial score (nSPS) is 12.8. The largest absolute Gasteiger partial charge is 0.349 e. The first-order valence-electron chi connectivity index (χ1n) is 10.3. The maximum absolute atomic E-state index is 13.5. The van der Waals surface area contributed by atoms with Gasteiger partial charge in [-0.25, -0.2) is 4.68 Å². The van der Waals surface area contributed by atoms with Gasteiger partial charge >= 0.3 is 0 Å². The molecule has 0 aliphatic rings. The van der Waals surface area contributed by atoms with Crippen LogP contribution in [0.1, 0.15) is 44.9 Å². The van der Waals surface area contributed by atoms with Gasteiger partial charge in [-0.05, 0) is 51.0 Å². The van der Waals surface area contributed by atoms with E-state index in [1.807, 2.05) is 82.3 Å². The van der Waals surface area contributed by atoms with Gasteiger partial charge < -0.3 is 5.32 Å². The van der Waals surface area contributed by atoms with Crippen molar-refractivity contribution in [3.05, 3.63) is 87.3 Å². The molecule has 0 fully saturated rings. The summed E-state index contributed by atoms with van der Waals surface area (Å²) < 4.78 is 3.48. The molecule has 0 saturated carbocycles. The first-order valence-corrected chi connectivity index (χ1v) is 10.7. The summed E-state index contributed by atoms with van der Waals surface area (Å²) in [5, 5.41) is 9.09. The molecule has 2 aromatic heterocycles. The molecule has 0 aliphatic carbocycles. The molecule has 2 aromatic carbocycles. The second kappa shape index (κ2) is 8.19. The maximum atomic E-state index is 13.5. The molecule has 31 heavy (non-hydrogen) atoms. The lowest BCUT2D eigenvalue weighted by Crippen LogP contribution is -2.28. The number of anilines is 1. The Morgan fingerprint density at radius 3 is 2.39 bits per heavy atom. The van der Waals surface area contributed by atoms with Gasteiger partial charge in [-0.15, -0.1) is 0 Å². The molecule has 7 heteroatoms. The number of aromatic nitrogens is 4. The van der Waals surface area contributed by atoms with E-state index >= 15 is 0 Å². The summed E-state index contributed by atoms with van der Waals surface area (Å²) in [5.41, 5.74) is 2.24. The zero-order chi connectivity index (χ0) is 22.2. The van der Waals surface area contributed by atoms with Crippen molar-refractivity contribution in [2.24, 2.45) is 0 Å². The predicted octanol–water partition coefficient (Wildman–Crippen LogP) is 5.22. The van der Waals surface area contributed by atoms with Gasteiger partial charge in [-0.3, -0.25) is 9.36 Å². The van der Waals surface area contributed by atoms with E-state index in [1.54, 1.807) is 15.4 Å². The first-order chi connectivity index (χ1) is 14.7. The molecule has 0 bridgehead atoms. The number of fused-ring (bicyclic) bond motifs is 1. The summed E-state index contributed by atoms with van der Waals surface area (Å²) in [6.07, 6.45) is 1.61. The van der Waals surface area contributed by atoms with Crippen LogP contribution in [-0.4, -0.2) is 19.3 Å². The van der Waals surface area contributed by atoms with Gasteiger partial charge in [0.2, 0.25) is 5.95 Å². The average Bonchev–Trinajstić information content (AvgIpc) is 3.17. The molecule has 4 aromatic rings. The molecule has 0 spiro atoms. The zero-order valence-corrected chi connectivity index (χ0v) is 18.9. The highest BCUT2D eigenvalue weighted by Gasteiger charge is 2.22. The Kier molecular flexibility index (Phi) is 5.58. The second-order valence-electron chi connectivity index (χ2n) is 8.69. The molecule has 160 valence electrons. The zero-order valence-electron chi connectivity index (χ0n) is 18.1. The first kappa shape index (κ1) is 21.1. The van der Waals surface area contributed by atoms with Crippen molar-refractivity contribution in [2.45, 2.75) is 45.8 Å². The Morgan fingerprint density at radius 1 is 1.06 bits per heavy atom. The highest BCUT2D eigenvalue weighted by Crippen LogP contribution is 2.23. The van der Waals surface area contributed by atoms with E-state index < -0.39 is 0 Å². The highest BCUT2D eigenvalue weighted by atomic mass is 35.5. The molecule has 0 aliphatic heterocycles. The summed E-state index contributed by atoms with van der Waals surface area (Å²) in [4.78, 5) is 18.3. The Balaban J connectivity index is 1.84. The van der Waals surface area contributed by atoms with E-state index in [0.717, 1.165) is 11.1 Å². The lowest BCUT2D eigenvalue weighted by molar-refractivity contribution is 0.366. The molecule has 2 heterocycles. The molecular weight excluding hydrogens is 410 g/mol. The fourth-order valence-corrected chi connectivity index (χ4v) is 3.67. The van der Waals surface area contributed by atoms with Crippen molar-refractivity contribution >= 4 is 28.6 Å². The van der Waals surface area contributed by atoms with E-state index in [1.165, 1.54) is 0 Å². The van der Waals surface area contributed by atoms with Crippen molar-refractivity contribution in [1.29, 1.82) is 0 Å². The molecule has 0 radical (unpaired) electrons. The Bertz CT molecular complexity index is 1250. The fraction of sp³-hybridized carbons (Fsp3) is 0.292. The monoisotopic (exact) mass is 435 g/mol. The standard InChI is InChI=1S/C24H26ClN5O/c1-16(18-10-12-19(25)13-11-18)27-23-28-21-20(14-26-30(21)24(2,3)4)22(31)29(23)15-17-8-6-5-7-9-17/h5-14,16H,15H2,1-4H3,(H,27,28)/t16-/m1/s1. The topological polar surface area (TPSA) is 64.7 Å². The highest BCUT2D eigenvalue weighted by molar-refractivity contribution is 6.30. The number of nitrogens with zero attached hydrogens (tertiary/aromatic N) is 4. The Hall–Kier alpha value is -3.12. The summed E-state index contributed by atoms with van der Waals surface area (Å²) in [5.74, 6) is 0.509. The number of benzene rings is 2. The second-order valence-corrected chi connectivity index (χ2v) is 9.13. The molecular formula is C24H26ClN5O. The van der Waals surface area contributed by atoms with Crippen molar-refractivity contribution in [3.63, 3.8) is 0 Å². The van der Waals surface area contributed by atoms with Crippen LogP contribution in [0.25, 0.3) is 11.0 Å². The van der Waals surface area contributed by atoms with Gasteiger partial charge in [0.05, 0.1) is 24.3 Å². The molecule has 1 N–H and O–H groups in total. The Labute approximate surface area is 186 Å². The number of nitrogens with one attached hydrogen (secondary N) is 1. The summed E-state index contributed by atoms with van der Waals surface area (Å²) in [6.45, 7) is 8.58. The number of rotatable bonds is 5. The molecule has 6 nitrogen and oxygen atoms in total. The van der Waals surface area contributed by atoms with E-state index in [0.29, 0.717) is 28.5 Å². The minimum atomic E-state index is -0.300. The minimum absolute atomic E-state index is 0.0744. The summed E-state index contributed by atoms with van der Waals surface area (Å²) >= 11 is 6.04. The van der Waals surface area contributed by atoms with E-state index in [9.17, 15) is 4.79 Å². The molecule has 0 amide bonds. The van der Waals surface area contributed by atoms with E-state index in [2.05, 4.69) is 10.4 Å². The smallest absolute Gasteiger partial charge is 0.266 e. The van der Waals surface area contributed by atoms with Crippen LogP contribution < -0.4 is 10.9 Å². The molecule has 0 saturated heterocycles. The van der Waals surface area contributed by atoms with Crippen LogP contribution in [0.15, 0.2) is 65.6 Å². The van der Waals surface area contributed by atoms with Crippen LogP contribution in [0.3, 0.4) is 0 Å². The quantitative estimate of drug-likeness (QED) is 0.466. The SMILES string of the molecule is C[C@@H](Nc1nc2c(cnn2C(C)(C)C)c(=O)n1Cc1ccccc1)c1ccc(Cl)cc1. The summed E-state index contributed by atoms with van der Waals surface area (Å²) in [7, 11) is 0. The van der Waals surface area contributed by atoms with Crippen LogP contribution >= 0.6 is 11.6 Å². The molecule has 1 atom stereocenters. The predicted molar refractivity (Wildman–Crippen MR) is 126 cm³/mol.